The first-order valence-corrected chi connectivity index (χ1v) is 19.2. The third-order valence-electron chi connectivity index (χ3n) is 7.67. The lowest BCUT2D eigenvalue weighted by Gasteiger charge is -2.25. The molecule has 0 aromatic carbocycles. The van der Waals surface area contributed by atoms with Gasteiger partial charge in [0.2, 0.25) is 5.91 Å². The summed E-state index contributed by atoms with van der Waals surface area (Å²) < 4.78 is 23.3. The van der Waals surface area contributed by atoms with Gasteiger partial charge < -0.3 is 19.8 Å². The number of carbonyl (C=O) groups excluding carboxylic acids is 1. The molecule has 44 heavy (non-hydrogen) atoms. The molecule has 0 bridgehead atoms. The molecule has 0 saturated carbocycles. The second kappa shape index (κ2) is 28.2. The van der Waals surface area contributed by atoms with Crippen molar-refractivity contribution in [2.45, 2.75) is 154 Å². The van der Waals surface area contributed by atoms with Crippen LogP contribution in [0.3, 0.4) is 0 Å². The van der Waals surface area contributed by atoms with E-state index < -0.39 is 20.0 Å². The maximum Gasteiger partial charge on any atom is 0.472 e. The molecule has 260 valence electrons. The number of rotatable bonds is 31. The summed E-state index contributed by atoms with van der Waals surface area (Å²) in [7, 11) is 1.55. The van der Waals surface area contributed by atoms with Crippen molar-refractivity contribution >= 4 is 13.7 Å². The van der Waals surface area contributed by atoms with Crippen LogP contribution in [0, 0.1) is 0 Å². The Morgan fingerprint density at radius 3 is 1.82 bits per heavy atom. The van der Waals surface area contributed by atoms with E-state index in [4.69, 9.17) is 9.05 Å². The maximum atomic E-state index is 12.7. The molecule has 0 aliphatic rings. The molecule has 0 spiro atoms. The van der Waals surface area contributed by atoms with Gasteiger partial charge in [0.05, 0.1) is 39.9 Å². The molecule has 1 amide bonds. The van der Waals surface area contributed by atoms with Gasteiger partial charge in [-0.15, -0.1) is 0 Å². The molecule has 9 heteroatoms. The molecule has 0 aromatic rings. The van der Waals surface area contributed by atoms with E-state index in [-0.39, 0.29) is 19.1 Å². The van der Waals surface area contributed by atoms with E-state index in [9.17, 15) is 19.4 Å². The zero-order valence-electron chi connectivity index (χ0n) is 29.1. The highest BCUT2D eigenvalue weighted by atomic mass is 31.2. The number of hydrogen-bond acceptors (Lipinski definition) is 5. The van der Waals surface area contributed by atoms with Crippen LogP contribution in [0.5, 0.6) is 0 Å². The van der Waals surface area contributed by atoms with Gasteiger partial charge in [-0.3, -0.25) is 13.8 Å². The Morgan fingerprint density at radius 2 is 1.25 bits per heavy atom. The molecule has 3 N–H and O–H groups in total. The van der Waals surface area contributed by atoms with Gasteiger partial charge in [0.1, 0.15) is 13.2 Å². The van der Waals surface area contributed by atoms with Crippen LogP contribution in [0.1, 0.15) is 142 Å². The zero-order chi connectivity index (χ0) is 32.9. The fourth-order valence-electron chi connectivity index (χ4n) is 4.76. The Labute approximate surface area is 271 Å². The van der Waals surface area contributed by atoms with E-state index in [0.717, 1.165) is 38.5 Å². The number of likely N-dealkylation sites (N-methyl/N-ethyl adjacent to an activating group) is 1. The maximum absolute atomic E-state index is 12.7. The number of nitrogens with one attached hydrogen (secondary N) is 1. The van der Waals surface area contributed by atoms with Crippen LogP contribution < -0.4 is 5.32 Å². The fraction of sp³-hybridized carbons (Fsp3) is 0.857. The van der Waals surface area contributed by atoms with Crippen molar-refractivity contribution in [1.29, 1.82) is 0 Å². The fourth-order valence-corrected chi connectivity index (χ4v) is 5.50. The summed E-state index contributed by atoms with van der Waals surface area (Å²) in [4.78, 5) is 22.9. The minimum Gasteiger partial charge on any atom is -0.387 e. The van der Waals surface area contributed by atoms with Crippen LogP contribution in [0.4, 0.5) is 0 Å². The molecule has 3 unspecified atom stereocenters. The number of amides is 1. The lowest BCUT2D eigenvalue weighted by Crippen LogP contribution is -2.45. The Kier molecular flexibility index (Phi) is 27.6. The van der Waals surface area contributed by atoms with Crippen molar-refractivity contribution in [2.24, 2.45) is 0 Å². The number of hydrogen-bond donors (Lipinski definition) is 3. The van der Waals surface area contributed by atoms with E-state index in [2.05, 4.69) is 31.3 Å². The predicted molar refractivity (Wildman–Crippen MR) is 185 cm³/mol. The summed E-state index contributed by atoms with van der Waals surface area (Å²) in [5.74, 6) is -0.193. The number of carbonyl (C=O) groups is 1. The second-order valence-electron chi connectivity index (χ2n) is 13.2. The number of unbranched alkanes of at least 4 members (excludes halogenated alkanes) is 16. The van der Waals surface area contributed by atoms with E-state index >= 15 is 0 Å². The topological polar surface area (TPSA) is 105 Å². The minimum absolute atomic E-state index is 0.0574. The standard InChI is InChI=1S/C35H69N2O6P/c1-6-8-10-12-14-16-18-19-20-22-24-26-28-34(38)33(32-43-44(40,41)42-31-30-37(3,4)5)36-35(39)29-27-25-23-21-17-15-13-11-9-7-2/h19-20,26,28,33-34,38H,6-18,21-25,27,29-32H2,1-5H3,(H-,36,39,40,41)/p+1/b20-19+,28-26+. The SMILES string of the molecule is CCCCCCCC/C=C/CC/C=C/C(O)C(COP(=O)(O)OCC[N+](C)(C)C)NC(=O)CCCCCCCCCCCC. The van der Waals surface area contributed by atoms with Crippen LogP contribution in [0.15, 0.2) is 24.3 Å². The Hall–Kier alpha value is -1.02. The van der Waals surface area contributed by atoms with Crippen LogP contribution in [-0.4, -0.2) is 73.4 Å². The van der Waals surface area contributed by atoms with Gasteiger partial charge in [0.25, 0.3) is 0 Å². The number of aliphatic hydroxyl groups is 1. The van der Waals surface area contributed by atoms with Crippen molar-refractivity contribution < 1.29 is 32.9 Å². The molecule has 0 saturated heterocycles. The summed E-state index contributed by atoms with van der Waals surface area (Å²) in [5, 5.41) is 13.7. The number of quaternary nitrogens is 1. The highest BCUT2D eigenvalue weighted by Crippen LogP contribution is 2.43. The molecule has 0 fully saturated rings. The molecule has 0 rings (SSSR count). The molecular weight excluding hydrogens is 575 g/mol. The van der Waals surface area contributed by atoms with Crippen LogP contribution in [0.25, 0.3) is 0 Å². The normalized spacial score (nSPS) is 15.2. The average Bonchev–Trinajstić information content (AvgIpc) is 2.95. The van der Waals surface area contributed by atoms with Gasteiger partial charge in [-0.25, -0.2) is 4.57 Å². The van der Waals surface area contributed by atoms with E-state index in [1.54, 1.807) is 6.08 Å². The number of nitrogens with zero attached hydrogens (tertiary/aromatic N) is 1. The highest BCUT2D eigenvalue weighted by molar-refractivity contribution is 7.47. The van der Waals surface area contributed by atoms with Crippen molar-refractivity contribution in [3.63, 3.8) is 0 Å². The molecule has 0 heterocycles. The first kappa shape index (κ1) is 43.0. The van der Waals surface area contributed by atoms with Gasteiger partial charge in [-0.2, -0.15) is 0 Å². The van der Waals surface area contributed by atoms with Gasteiger partial charge in [0.15, 0.2) is 0 Å². The number of phosphoric acid groups is 1. The molecule has 0 radical (unpaired) electrons. The predicted octanol–water partition coefficient (Wildman–Crippen LogP) is 8.63. The molecule has 8 nitrogen and oxygen atoms in total. The van der Waals surface area contributed by atoms with Gasteiger partial charge in [-0.05, 0) is 32.1 Å². The lowest BCUT2D eigenvalue weighted by atomic mass is 10.1. The Bertz CT molecular complexity index is 784. The molecular formula is C35H70N2O6P+. The van der Waals surface area contributed by atoms with Gasteiger partial charge >= 0.3 is 7.82 Å². The van der Waals surface area contributed by atoms with E-state index in [0.29, 0.717) is 17.4 Å². The minimum atomic E-state index is -4.33. The number of aliphatic hydroxyl groups excluding tert-OH is 1. The Morgan fingerprint density at radius 1 is 0.750 bits per heavy atom. The van der Waals surface area contributed by atoms with E-state index in [1.807, 2.05) is 27.2 Å². The summed E-state index contributed by atoms with van der Waals surface area (Å²) in [6.07, 6.45) is 29.6. The van der Waals surface area contributed by atoms with Gasteiger partial charge in [0, 0.05) is 6.42 Å². The number of allylic oxidation sites excluding steroid dienone is 3. The summed E-state index contributed by atoms with van der Waals surface area (Å²) in [6.45, 7) is 4.73. The zero-order valence-corrected chi connectivity index (χ0v) is 30.0. The molecule has 3 atom stereocenters. The van der Waals surface area contributed by atoms with Crippen molar-refractivity contribution in [1.82, 2.24) is 5.32 Å². The van der Waals surface area contributed by atoms with Crippen molar-refractivity contribution in [3.8, 4) is 0 Å². The Balaban J connectivity index is 4.66. The monoisotopic (exact) mass is 645 g/mol. The quantitative estimate of drug-likeness (QED) is 0.0302. The largest absolute Gasteiger partial charge is 0.472 e. The third-order valence-corrected chi connectivity index (χ3v) is 8.66. The van der Waals surface area contributed by atoms with Crippen molar-refractivity contribution in [2.75, 3.05) is 40.9 Å². The average molecular weight is 646 g/mol. The molecule has 0 aliphatic heterocycles. The van der Waals surface area contributed by atoms with Gasteiger partial charge in [-0.1, -0.05) is 128 Å². The van der Waals surface area contributed by atoms with Crippen LogP contribution in [0.2, 0.25) is 0 Å². The van der Waals surface area contributed by atoms with Crippen LogP contribution in [-0.2, 0) is 18.4 Å². The summed E-state index contributed by atoms with van der Waals surface area (Å²) >= 11 is 0. The lowest BCUT2D eigenvalue weighted by molar-refractivity contribution is -0.870. The number of phosphoric ester groups is 1. The highest BCUT2D eigenvalue weighted by Gasteiger charge is 2.27. The molecule has 0 aromatic heterocycles. The van der Waals surface area contributed by atoms with E-state index in [1.165, 1.54) is 83.5 Å². The first-order valence-electron chi connectivity index (χ1n) is 17.7. The van der Waals surface area contributed by atoms with Crippen LogP contribution >= 0.6 is 7.82 Å². The summed E-state index contributed by atoms with van der Waals surface area (Å²) in [6, 6.07) is -0.854. The smallest absolute Gasteiger partial charge is 0.387 e. The van der Waals surface area contributed by atoms with Crippen molar-refractivity contribution in [3.05, 3.63) is 24.3 Å². The third kappa shape index (κ3) is 29.7. The first-order chi connectivity index (χ1) is 21.0. The molecule has 0 aliphatic carbocycles. The second-order valence-corrected chi connectivity index (χ2v) is 14.7. The summed E-state index contributed by atoms with van der Waals surface area (Å²) in [5.41, 5.74) is 0.